The number of aryl methyl sites for hydroxylation is 1. The molecule has 0 saturated carbocycles. The standard InChI is InChI=1S/C18H20ClN3OS2/c1-12-4-6-14-15(10-12)25-18(20-14)22(9-8-21(2)3)17(23)11-13-5-7-16(19)24-13/h4-7,10H,8-9,11H2,1-3H3. The number of likely N-dealkylation sites (N-methyl/N-ethyl adjacent to an activating group) is 1. The molecule has 0 atom stereocenters. The van der Waals surface area contributed by atoms with E-state index in [0.717, 1.165) is 26.8 Å². The first kappa shape index (κ1) is 18.3. The summed E-state index contributed by atoms with van der Waals surface area (Å²) in [5.41, 5.74) is 2.13. The fourth-order valence-electron chi connectivity index (χ4n) is 2.45. The molecular formula is C18H20ClN3OS2. The normalized spacial score (nSPS) is 11.4. The summed E-state index contributed by atoms with van der Waals surface area (Å²) >= 11 is 9.01. The summed E-state index contributed by atoms with van der Waals surface area (Å²) in [5, 5.41) is 0.759. The second-order valence-electron chi connectivity index (χ2n) is 6.20. The topological polar surface area (TPSA) is 36.4 Å². The van der Waals surface area contributed by atoms with Gasteiger partial charge in [-0.1, -0.05) is 29.0 Å². The van der Waals surface area contributed by atoms with Crippen molar-refractivity contribution < 1.29 is 4.79 Å². The number of carbonyl (C=O) groups is 1. The Hall–Kier alpha value is -1.47. The van der Waals surface area contributed by atoms with Gasteiger partial charge in [0.15, 0.2) is 5.13 Å². The molecular weight excluding hydrogens is 374 g/mol. The maximum atomic E-state index is 12.9. The zero-order valence-corrected chi connectivity index (χ0v) is 16.8. The highest BCUT2D eigenvalue weighted by Crippen LogP contribution is 2.30. The largest absolute Gasteiger partial charge is 0.308 e. The Bertz CT molecular complexity index is 887. The highest BCUT2D eigenvalue weighted by Gasteiger charge is 2.20. The van der Waals surface area contributed by atoms with Crippen LogP contribution in [0.4, 0.5) is 5.13 Å². The van der Waals surface area contributed by atoms with Crippen molar-refractivity contribution in [3.63, 3.8) is 0 Å². The summed E-state index contributed by atoms with van der Waals surface area (Å²) in [4.78, 5) is 22.4. The maximum Gasteiger partial charge on any atom is 0.234 e. The van der Waals surface area contributed by atoms with Crippen molar-refractivity contribution in [2.75, 3.05) is 32.1 Å². The molecule has 0 aliphatic heterocycles. The summed E-state index contributed by atoms with van der Waals surface area (Å²) in [6.45, 7) is 3.46. The van der Waals surface area contributed by atoms with Crippen molar-refractivity contribution in [2.24, 2.45) is 0 Å². The van der Waals surface area contributed by atoms with Gasteiger partial charge in [0.2, 0.25) is 5.91 Å². The van der Waals surface area contributed by atoms with Gasteiger partial charge in [0.1, 0.15) is 0 Å². The molecule has 0 bridgehead atoms. The molecule has 3 rings (SSSR count). The highest BCUT2D eigenvalue weighted by atomic mass is 35.5. The third-order valence-electron chi connectivity index (χ3n) is 3.79. The van der Waals surface area contributed by atoms with Gasteiger partial charge in [0, 0.05) is 18.0 Å². The minimum absolute atomic E-state index is 0.0520. The van der Waals surface area contributed by atoms with Gasteiger partial charge in [-0.05, 0) is 50.8 Å². The van der Waals surface area contributed by atoms with E-state index in [4.69, 9.17) is 11.6 Å². The SMILES string of the molecule is Cc1ccc2nc(N(CCN(C)C)C(=O)Cc3ccc(Cl)s3)sc2c1. The summed E-state index contributed by atoms with van der Waals surface area (Å²) in [5.74, 6) is 0.0520. The average Bonchev–Trinajstić information content (AvgIpc) is 3.12. The van der Waals surface area contributed by atoms with E-state index in [-0.39, 0.29) is 5.91 Å². The number of thiazole rings is 1. The van der Waals surface area contributed by atoms with Gasteiger partial charge < -0.3 is 4.90 Å². The van der Waals surface area contributed by atoms with Crippen molar-refractivity contribution in [1.29, 1.82) is 0 Å². The van der Waals surface area contributed by atoms with Crippen LogP contribution in [0.5, 0.6) is 0 Å². The number of fused-ring (bicyclic) bond motifs is 1. The molecule has 0 unspecified atom stereocenters. The lowest BCUT2D eigenvalue weighted by atomic mass is 10.2. The van der Waals surface area contributed by atoms with Crippen LogP contribution in [-0.2, 0) is 11.2 Å². The van der Waals surface area contributed by atoms with E-state index in [1.807, 2.05) is 38.4 Å². The number of benzene rings is 1. The number of carbonyl (C=O) groups excluding carboxylic acids is 1. The molecule has 4 nitrogen and oxygen atoms in total. The predicted octanol–water partition coefficient (Wildman–Crippen LogP) is 4.46. The Balaban J connectivity index is 1.87. The van der Waals surface area contributed by atoms with E-state index in [9.17, 15) is 4.79 Å². The molecule has 2 heterocycles. The molecule has 132 valence electrons. The maximum absolute atomic E-state index is 12.9. The number of hydrogen-bond donors (Lipinski definition) is 0. The lowest BCUT2D eigenvalue weighted by Gasteiger charge is -2.21. The first-order chi connectivity index (χ1) is 11.9. The molecule has 7 heteroatoms. The molecule has 0 aliphatic rings. The van der Waals surface area contributed by atoms with E-state index in [2.05, 4.69) is 22.9 Å². The Labute approximate surface area is 160 Å². The Kier molecular flexibility index (Phi) is 5.74. The minimum Gasteiger partial charge on any atom is -0.308 e. The van der Waals surface area contributed by atoms with Crippen LogP contribution in [0.15, 0.2) is 30.3 Å². The number of anilines is 1. The van der Waals surface area contributed by atoms with Crippen molar-refractivity contribution in [3.05, 3.63) is 45.1 Å². The molecule has 0 radical (unpaired) electrons. The molecule has 0 fully saturated rings. The summed E-state index contributed by atoms with van der Waals surface area (Å²) in [6.07, 6.45) is 0.347. The van der Waals surface area contributed by atoms with Crippen LogP contribution in [0.1, 0.15) is 10.4 Å². The molecule has 0 spiro atoms. The molecule has 0 saturated heterocycles. The smallest absolute Gasteiger partial charge is 0.234 e. The van der Waals surface area contributed by atoms with Gasteiger partial charge in [-0.25, -0.2) is 4.98 Å². The van der Waals surface area contributed by atoms with E-state index < -0.39 is 0 Å². The lowest BCUT2D eigenvalue weighted by Crippen LogP contribution is -2.37. The van der Waals surface area contributed by atoms with E-state index in [1.54, 1.807) is 16.2 Å². The molecule has 0 aliphatic carbocycles. The van der Waals surface area contributed by atoms with Crippen molar-refractivity contribution in [1.82, 2.24) is 9.88 Å². The predicted molar refractivity (Wildman–Crippen MR) is 108 cm³/mol. The van der Waals surface area contributed by atoms with Crippen LogP contribution >= 0.6 is 34.3 Å². The Morgan fingerprint density at radius 1 is 1.16 bits per heavy atom. The molecule has 1 aromatic carbocycles. The number of thiophene rings is 1. The van der Waals surface area contributed by atoms with Crippen LogP contribution in [0, 0.1) is 6.92 Å². The van der Waals surface area contributed by atoms with Gasteiger partial charge in [-0.15, -0.1) is 11.3 Å². The first-order valence-corrected chi connectivity index (χ1v) is 10.00. The van der Waals surface area contributed by atoms with Gasteiger partial charge in [-0.2, -0.15) is 0 Å². The van der Waals surface area contributed by atoms with Crippen molar-refractivity contribution in [3.8, 4) is 0 Å². The fourth-order valence-corrected chi connectivity index (χ4v) is 4.64. The average molecular weight is 394 g/mol. The Morgan fingerprint density at radius 3 is 2.64 bits per heavy atom. The van der Waals surface area contributed by atoms with Crippen LogP contribution < -0.4 is 4.90 Å². The number of rotatable bonds is 6. The fraction of sp³-hybridized carbons (Fsp3) is 0.333. The Morgan fingerprint density at radius 2 is 1.96 bits per heavy atom. The number of halogens is 1. The zero-order chi connectivity index (χ0) is 18.0. The van der Waals surface area contributed by atoms with Crippen molar-refractivity contribution >= 4 is 55.5 Å². The second-order valence-corrected chi connectivity index (χ2v) is 9.01. The van der Waals surface area contributed by atoms with Gasteiger partial charge in [0.05, 0.1) is 21.0 Å². The summed E-state index contributed by atoms with van der Waals surface area (Å²) < 4.78 is 1.81. The third kappa shape index (κ3) is 4.58. The highest BCUT2D eigenvalue weighted by molar-refractivity contribution is 7.22. The van der Waals surface area contributed by atoms with E-state index >= 15 is 0 Å². The zero-order valence-electron chi connectivity index (χ0n) is 14.5. The molecule has 1 amide bonds. The van der Waals surface area contributed by atoms with Crippen LogP contribution in [-0.4, -0.2) is 43.0 Å². The number of amides is 1. The minimum atomic E-state index is 0.0520. The molecule has 3 aromatic rings. The second kappa shape index (κ2) is 7.83. The van der Waals surface area contributed by atoms with Crippen LogP contribution in [0.2, 0.25) is 4.34 Å². The molecule has 25 heavy (non-hydrogen) atoms. The van der Waals surface area contributed by atoms with Crippen LogP contribution in [0.25, 0.3) is 10.2 Å². The first-order valence-electron chi connectivity index (χ1n) is 7.99. The quantitative estimate of drug-likeness (QED) is 0.620. The number of aromatic nitrogens is 1. The van der Waals surface area contributed by atoms with Gasteiger partial charge in [-0.3, -0.25) is 9.69 Å². The summed E-state index contributed by atoms with van der Waals surface area (Å²) in [7, 11) is 4.01. The summed E-state index contributed by atoms with van der Waals surface area (Å²) in [6, 6.07) is 9.92. The molecule has 2 aromatic heterocycles. The monoisotopic (exact) mass is 393 g/mol. The van der Waals surface area contributed by atoms with Crippen molar-refractivity contribution in [2.45, 2.75) is 13.3 Å². The van der Waals surface area contributed by atoms with Gasteiger partial charge >= 0.3 is 0 Å². The number of hydrogen-bond acceptors (Lipinski definition) is 5. The van der Waals surface area contributed by atoms with E-state index in [1.165, 1.54) is 16.9 Å². The lowest BCUT2D eigenvalue weighted by molar-refractivity contribution is -0.118. The molecule has 0 N–H and O–H groups in total. The van der Waals surface area contributed by atoms with E-state index in [0.29, 0.717) is 17.3 Å². The van der Waals surface area contributed by atoms with Gasteiger partial charge in [0.25, 0.3) is 0 Å². The number of nitrogens with zero attached hydrogens (tertiary/aromatic N) is 3. The van der Waals surface area contributed by atoms with Crippen LogP contribution in [0.3, 0.4) is 0 Å². The third-order valence-corrected chi connectivity index (χ3v) is 6.06.